The van der Waals surface area contributed by atoms with E-state index in [0.717, 1.165) is 25.7 Å². The predicted octanol–water partition coefficient (Wildman–Crippen LogP) is 2.79. The molecular formula is C15H23NO5S. The zero-order chi connectivity index (χ0) is 16.7. The molecule has 1 aromatic rings. The molecule has 2 rings (SSSR count). The summed E-state index contributed by atoms with van der Waals surface area (Å²) in [5.41, 5.74) is -0.256. The van der Waals surface area contributed by atoms with Crippen LogP contribution in [0.4, 0.5) is 0 Å². The van der Waals surface area contributed by atoms with E-state index in [1.54, 1.807) is 0 Å². The number of carboxylic acid groups (broad SMARTS) is 1. The molecule has 1 fully saturated rings. The third-order valence-corrected chi connectivity index (χ3v) is 6.62. The molecule has 0 aliphatic heterocycles. The van der Waals surface area contributed by atoms with E-state index in [0.29, 0.717) is 5.92 Å². The van der Waals surface area contributed by atoms with Crippen LogP contribution >= 0.6 is 0 Å². The zero-order valence-corrected chi connectivity index (χ0v) is 14.2. The lowest BCUT2D eigenvalue weighted by Crippen LogP contribution is -2.39. The highest BCUT2D eigenvalue weighted by molar-refractivity contribution is 7.89. The van der Waals surface area contributed by atoms with Gasteiger partial charge in [-0.25, -0.2) is 13.2 Å². The van der Waals surface area contributed by atoms with Crippen LogP contribution in [0.15, 0.2) is 9.31 Å². The summed E-state index contributed by atoms with van der Waals surface area (Å²) in [6.07, 6.45) is 3.57. The Balaban J connectivity index is 2.41. The fourth-order valence-corrected chi connectivity index (χ4v) is 4.95. The summed E-state index contributed by atoms with van der Waals surface area (Å²) >= 11 is 0. The predicted molar refractivity (Wildman–Crippen MR) is 81.5 cm³/mol. The van der Waals surface area contributed by atoms with Gasteiger partial charge in [-0.2, -0.15) is 4.31 Å². The number of rotatable bonds is 4. The number of carbonyl (C=O) groups is 1. The van der Waals surface area contributed by atoms with Crippen LogP contribution in [0.2, 0.25) is 0 Å². The summed E-state index contributed by atoms with van der Waals surface area (Å²) in [5, 5.41) is 9.31. The average Bonchev–Trinajstić information content (AvgIpc) is 2.74. The van der Waals surface area contributed by atoms with Crippen molar-refractivity contribution >= 4 is 16.0 Å². The molecule has 0 amide bonds. The van der Waals surface area contributed by atoms with Gasteiger partial charge in [0.05, 0.1) is 0 Å². The molecular weight excluding hydrogens is 306 g/mol. The number of aryl methyl sites for hydroxylation is 2. The molecule has 0 unspecified atom stereocenters. The highest BCUT2D eigenvalue weighted by atomic mass is 32.2. The smallest absolute Gasteiger partial charge is 0.340 e. The maximum atomic E-state index is 12.9. The van der Waals surface area contributed by atoms with Crippen LogP contribution in [0.1, 0.15) is 54.5 Å². The van der Waals surface area contributed by atoms with Gasteiger partial charge in [0, 0.05) is 13.1 Å². The highest BCUT2D eigenvalue weighted by Gasteiger charge is 2.37. The van der Waals surface area contributed by atoms with Gasteiger partial charge in [-0.05, 0) is 45.4 Å². The topological polar surface area (TPSA) is 87.8 Å². The number of aromatic carboxylic acids is 1. The number of carboxylic acids is 1. The lowest BCUT2D eigenvalue weighted by molar-refractivity contribution is 0.0691. The van der Waals surface area contributed by atoms with E-state index in [4.69, 9.17) is 4.42 Å². The molecule has 7 heteroatoms. The molecule has 1 heterocycles. The van der Waals surface area contributed by atoms with Gasteiger partial charge < -0.3 is 9.52 Å². The van der Waals surface area contributed by atoms with Crippen molar-refractivity contribution in [3.63, 3.8) is 0 Å². The fraction of sp³-hybridized carbons (Fsp3) is 0.667. The molecule has 1 aromatic heterocycles. The molecule has 0 atom stereocenters. The Morgan fingerprint density at radius 3 is 2.23 bits per heavy atom. The Bertz CT molecular complexity index is 668. The number of sulfonamides is 1. The molecule has 22 heavy (non-hydrogen) atoms. The third kappa shape index (κ3) is 2.92. The second-order valence-corrected chi connectivity index (χ2v) is 8.09. The lowest BCUT2D eigenvalue weighted by Gasteiger charge is -2.32. The molecule has 0 saturated heterocycles. The fourth-order valence-electron chi connectivity index (χ4n) is 3.17. The van der Waals surface area contributed by atoms with E-state index in [1.807, 2.05) is 0 Å². The van der Waals surface area contributed by atoms with Gasteiger partial charge in [0.15, 0.2) is 0 Å². The summed E-state index contributed by atoms with van der Waals surface area (Å²) in [4.78, 5) is 11.2. The van der Waals surface area contributed by atoms with Crippen LogP contribution in [0, 0.1) is 19.8 Å². The first-order chi connectivity index (χ1) is 10.2. The molecule has 0 spiro atoms. The molecule has 1 aliphatic carbocycles. The van der Waals surface area contributed by atoms with E-state index in [-0.39, 0.29) is 28.0 Å². The van der Waals surface area contributed by atoms with Gasteiger partial charge in [0.25, 0.3) is 0 Å². The Hall–Kier alpha value is -1.34. The first kappa shape index (κ1) is 17.0. The Morgan fingerprint density at radius 1 is 1.18 bits per heavy atom. The summed E-state index contributed by atoms with van der Waals surface area (Å²) in [6, 6.07) is -0.0857. The maximum absolute atomic E-state index is 12.9. The van der Waals surface area contributed by atoms with Crippen molar-refractivity contribution in [2.75, 3.05) is 7.05 Å². The van der Waals surface area contributed by atoms with Crippen LogP contribution in [-0.4, -0.2) is 36.9 Å². The van der Waals surface area contributed by atoms with E-state index in [2.05, 4.69) is 6.92 Å². The second kappa shape index (κ2) is 6.04. The minimum Gasteiger partial charge on any atom is -0.478 e. The Kier molecular flexibility index (Phi) is 4.67. The van der Waals surface area contributed by atoms with Gasteiger partial charge in [-0.1, -0.05) is 6.92 Å². The molecule has 0 radical (unpaired) electrons. The number of nitrogens with zero attached hydrogens (tertiary/aromatic N) is 1. The summed E-state index contributed by atoms with van der Waals surface area (Å²) in [5.74, 6) is -0.418. The van der Waals surface area contributed by atoms with Gasteiger partial charge in [0.2, 0.25) is 10.0 Å². The number of furan rings is 1. The third-order valence-electron chi connectivity index (χ3n) is 4.56. The molecule has 1 aliphatic rings. The molecule has 0 bridgehead atoms. The van der Waals surface area contributed by atoms with Gasteiger partial charge >= 0.3 is 5.97 Å². The van der Waals surface area contributed by atoms with E-state index in [1.165, 1.54) is 25.2 Å². The van der Waals surface area contributed by atoms with Crippen molar-refractivity contribution in [2.45, 2.75) is 57.4 Å². The van der Waals surface area contributed by atoms with E-state index in [9.17, 15) is 18.3 Å². The standard InChI is InChI=1S/C15H23NO5S/c1-9-5-7-12(8-6-9)16(4)22(19,20)14-11(3)21-10(2)13(14)15(17)18/h9,12H,5-8H2,1-4H3,(H,17,18). The highest BCUT2D eigenvalue weighted by Crippen LogP contribution is 2.33. The number of hydrogen-bond acceptors (Lipinski definition) is 4. The van der Waals surface area contributed by atoms with E-state index >= 15 is 0 Å². The molecule has 124 valence electrons. The summed E-state index contributed by atoms with van der Waals surface area (Å²) < 4.78 is 32.3. The number of hydrogen-bond donors (Lipinski definition) is 1. The van der Waals surface area contributed by atoms with Crippen molar-refractivity contribution in [2.24, 2.45) is 5.92 Å². The van der Waals surface area contributed by atoms with Gasteiger partial charge in [-0.3, -0.25) is 0 Å². The second-order valence-electron chi connectivity index (χ2n) is 6.16. The molecule has 1 saturated carbocycles. The first-order valence-corrected chi connectivity index (χ1v) is 8.91. The summed E-state index contributed by atoms with van der Waals surface area (Å²) in [6.45, 7) is 5.12. The minimum absolute atomic E-state index is 0.0857. The SMILES string of the molecule is Cc1oc(C)c(S(=O)(=O)N(C)C2CCC(C)CC2)c1C(=O)O. The van der Waals surface area contributed by atoms with E-state index < -0.39 is 16.0 Å². The van der Waals surface area contributed by atoms with Crippen LogP contribution in [0.25, 0.3) is 0 Å². The Labute approximate surface area is 131 Å². The van der Waals surface area contributed by atoms with Crippen molar-refractivity contribution < 1.29 is 22.7 Å². The van der Waals surface area contributed by atoms with Gasteiger partial charge in [0.1, 0.15) is 22.0 Å². The van der Waals surface area contributed by atoms with Crippen LogP contribution in [0.5, 0.6) is 0 Å². The minimum atomic E-state index is -3.88. The average molecular weight is 329 g/mol. The monoisotopic (exact) mass is 329 g/mol. The van der Waals surface area contributed by atoms with Crippen LogP contribution in [-0.2, 0) is 10.0 Å². The largest absolute Gasteiger partial charge is 0.478 e. The molecule has 1 N–H and O–H groups in total. The van der Waals surface area contributed by atoms with Crippen LogP contribution < -0.4 is 0 Å². The summed E-state index contributed by atoms with van der Waals surface area (Å²) in [7, 11) is -2.35. The van der Waals surface area contributed by atoms with Gasteiger partial charge in [-0.15, -0.1) is 0 Å². The first-order valence-electron chi connectivity index (χ1n) is 7.47. The normalized spacial score (nSPS) is 23.0. The zero-order valence-electron chi connectivity index (χ0n) is 13.4. The lowest BCUT2D eigenvalue weighted by atomic mass is 9.87. The van der Waals surface area contributed by atoms with Crippen molar-refractivity contribution in [3.8, 4) is 0 Å². The maximum Gasteiger partial charge on any atom is 0.340 e. The quantitative estimate of drug-likeness (QED) is 0.917. The van der Waals surface area contributed by atoms with Crippen molar-refractivity contribution in [3.05, 3.63) is 17.1 Å². The molecule has 6 nitrogen and oxygen atoms in total. The van der Waals surface area contributed by atoms with Crippen molar-refractivity contribution in [1.29, 1.82) is 0 Å². The molecule has 0 aromatic carbocycles. The Morgan fingerprint density at radius 2 is 1.73 bits per heavy atom. The van der Waals surface area contributed by atoms with Crippen molar-refractivity contribution in [1.82, 2.24) is 4.31 Å². The van der Waals surface area contributed by atoms with Crippen LogP contribution in [0.3, 0.4) is 0 Å².